The third-order valence-corrected chi connectivity index (χ3v) is 2.69. The molecule has 94 valence electrons. The summed E-state index contributed by atoms with van der Waals surface area (Å²) in [6.45, 7) is 0. The molecule has 5 nitrogen and oxygen atoms in total. The summed E-state index contributed by atoms with van der Waals surface area (Å²) in [5, 5.41) is 37.3. The van der Waals surface area contributed by atoms with Crippen molar-refractivity contribution in [3.05, 3.63) is 29.3 Å². The molecule has 0 bridgehead atoms. The number of aromatic hydroxyl groups is 1. The molecule has 0 heterocycles. The Morgan fingerprint density at radius 3 is 2.53 bits per heavy atom. The van der Waals surface area contributed by atoms with Crippen molar-refractivity contribution >= 4 is 18.6 Å². The summed E-state index contributed by atoms with van der Waals surface area (Å²) in [5.41, 5.74) is 0.543. The lowest BCUT2D eigenvalue weighted by molar-refractivity contribution is -0.136. The molecule has 4 N–H and O–H groups in total. The van der Waals surface area contributed by atoms with Crippen molar-refractivity contribution in [3.8, 4) is 5.75 Å². The highest BCUT2D eigenvalue weighted by Gasteiger charge is 2.20. The van der Waals surface area contributed by atoms with E-state index in [-0.39, 0.29) is 23.5 Å². The molecule has 0 aliphatic rings. The minimum Gasteiger partial charge on any atom is -0.508 e. The Morgan fingerprint density at radius 2 is 2.00 bits per heavy atom. The molecule has 1 aromatic carbocycles. The second-order valence-electron chi connectivity index (χ2n) is 3.66. The summed E-state index contributed by atoms with van der Waals surface area (Å²) in [6.07, 6.45) is -2.62. The van der Waals surface area contributed by atoms with Crippen LogP contribution in [0.1, 0.15) is 17.2 Å². The number of phenols is 1. The van der Waals surface area contributed by atoms with E-state index in [0.717, 1.165) is 0 Å². The molecule has 17 heavy (non-hydrogen) atoms. The second-order valence-corrected chi connectivity index (χ2v) is 4.02. The van der Waals surface area contributed by atoms with Gasteiger partial charge in [-0.1, -0.05) is 6.07 Å². The number of benzene rings is 1. The Morgan fingerprint density at radius 1 is 1.35 bits per heavy atom. The van der Waals surface area contributed by atoms with Crippen molar-refractivity contribution in [1.82, 2.24) is 0 Å². The first-order valence-corrected chi connectivity index (χ1v) is 5.59. The quantitative estimate of drug-likeness (QED) is 0.491. The Hall–Kier alpha value is -1.24. The van der Waals surface area contributed by atoms with E-state index in [1.165, 1.54) is 18.2 Å². The van der Waals surface area contributed by atoms with Crippen LogP contribution in [0.15, 0.2) is 18.2 Å². The molecule has 0 aliphatic heterocycles. The van der Waals surface area contributed by atoms with Crippen LogP contribution in [-0.4, -0.2) is 38.3 Å². The zero-order valence-electron chi connectivity index (χ0n) is 8.95. The highest BCUT2D eigenvalue weighted by molar-refractivity contribution is 7.80. The van der Waals surface area contributed by atoms with E-state index in [2.05, 4.69) is 12.6 Å². The Kier molecular flexibility index (Phi) is 4.80. The Labute approximate surface area is 104 Å². The topological polar surface area (TPSA) is 98.0 Å². The molecule has 0 radical (unpaired) electrons. The van der Waals surface area contributed by atoms with Gasteiger partial charge in [0, 0.05) is 11.3 Å². The molecule has 0 fully saturated rings. The fourth-order valence-electron chi connectivity index (χ4n) is 1.43. The van der Waals surface area contributed by atoms with Crippen LogP contribution in [0.3, 0.4) is 0 Å². The SMILES string of the molecule is O=C(O)Cc1ccc(O)c(C(O)C(O)CS)c1. The van der Waals surface area contributed by atoms with E-state index < -0.39 is 18.2 Å². The minimum atomic E-state index is -1.29. The Bertz CT molecular complexity index is 407. The molecule has 6 heteroatoms. The fourth-order valence-corrected chi connectivity index (χ4v) is 1.63. The summed E-state index contributed by atoms with van der Waals surface area (Å²) >= 11 is 3.84. The molecule has 0 spiro atoms. The smallest absolute Gasteiger partial charge is 0.307 e. The summed E-state index contributed by atoms with van der Waals surface area (Å²) in [5.74, 6) is -1.16. The van der Waals surface area contributed by atoms with E-state index in [0.29, 0.717) is 5.56 Å². The molecule has 2 atom stereocenters. The first-order valence-electron chi connectivity index (χ1n) is 4.96. The van der Waals surface area contributed by atoms with Gasteiger partial charge in [0.25, 0.3) is 0 Å². The largest absolute Gasteiger partial charge is 0.508 e. The van der Waals surface area contributed by atoms with Gasteiger partial charge in [-0.2, -0.15) is 12.6 Å². The number of aliphatic carboxylic acids is 1. The lowest BCUT2D eigenvalue weighted by atomic mass is 10.0. The zero-order chi connectivity index (χ0) is 13.0. The van der Waals surface area contributed by atoms with Crippen LogP contribution in [0.25, 0.3) is 0 Å². The van der Waals surface area contributed by atoms with Gasteiger partial charge >= 0.3 is 5.97 Å². The van der Waals surface area contributed by atoms with Crippen molar-refractivity contribution in [2.45, 2.75) is 18.6 Å². The van der Waals surface area contributed by atoms with Gasteiger partial charge in [0.2, 0.25) is 0 Å². The van der Waals surface area contributed by atoms with Crippen molar-refractivity contribution in [2.24, 2.45) is 0 Å². The molecule has 0 aromatic heterocycles. The molecule has 0 saturated carbocycles. The maximum atomic E-state index is 10.5. The number of carbonyl (C=O) groups is 1. The number of carboxylic acids is 1. The number of thiol groups is 1. The van der Waals surface area contributed by atoms with Gasteiger partial charge in [-0.3, -0.25) is 4.79 Å². The molecular formula is C11H14O5S. The van der Waals surface area contributed by atoms with Gasteiger partial charge < -0.3 is 20.4 Å². The molecule has 0 amide bonds. The zero-order valence-corrected chi connectivity index (χ0v) is 9.84. The van der Waals surface area contributed by atoms with Crippen LogP contribution in [0.5, 0.6) is 5.75 Å². The van der Waals surface area contributed by atoms with Crippen LogP contribution >= 0.6 is 12.6 Å². The third-order valence-electron chi connectivity index (χ3n) is 2.32. The van der Waals surface area contributed by atoms with Crippen molar-refractivity contribution in [1.29, 1.82) is 0 Å². The second kappa shape index (κ2) is 5.90. The predicted molar refractivity (Wildman–Crippen MR) is 64.3 cm³/mol. The van der Waals surface area contributed by atoms with Crippen molar-refractivity contribution < 1.29 is 25.2 Å². The first-order chi connectivity index (χ1) is 7.95. The molecule has 0 aliphatic carbocycles. The average Bonchev–Trinajstić information content (AvgIpc) is 2.29. The van der Waals surface area contributed by atoms with E-state index >= 15 is 0 Å². The lowest BCUT2D eigenvalue weighted by Crippen LogP contribution is -2.20. The van der Waals surface area contributed by atoms with E-state index in [4.69, 9.17) is 5.11 Å². The van der Waals surface area contributed by atoms with Gasteiger partial charge in [-0.05, 0) is 17.7 Å². The number of rotatable bonds is 5. The molecule has 0 saturated heterocycles. The van der Waals surface area contributed by atoms with Gasteiger partial charge in [0.1, 0.15) is 11.9 Å². The molecule has 1 aromatic rings. The number of hydrogen-bond acceptors (Lipinski definition) is 5. The van der Waals surface area contributed by atoms with Gasteiger partial charge in [-0.25, -0.2) is 0 Å². The van der Waals surface area contributed by atoms with Gasteiger partial charge in [0.05, 0.1) is 12.5 Å². The van der Waals surface area contributed by atoms with E-state index in [1.54, 1.807) is 0 Å². The van der Waals surface area contributed by atoms with Crippen LogP contribution < -0.4 is 0 Å². The third kappa shape index (κ3) is 3.62. The maximum Gasteiger partial charge on any atom is 0.307 e. The van der Waals surface area contributed by atoms with Crippen LogP contribution in [0.4, 0.5) is 0 Å². The highest BCUT2D eigenvalue weighted by Crippen LogP contribution is 2.28. The Balaban J connectivity index is 3.01. The average molecular weight is 258 g/mol. The predicted octanol–water partition coefficient (Wildman–Crippen LogP) is 0.343. The maximum absolute atomic E-state index is 10.5. The van der Waals surface area contributed by atoms with Crippen LogP contribution in [-0.2, 0) is 11.2 Å². The molecule has 2 unspecified atom stereocenters. The number of aliphatic hydroxyl groups is 2. The summed E-state index contributed by atoms with van der Waals surface area (Å²) in [6, 6.07) is 4.11. The summed E-state index contributed by atoms with van der Waals surface area (Å²) in [7, 11) is 0. The van der Waals surface area contributed by atoms with Gasteiger partial charge in [-0.15, -0.1) is 0 Å². The highest BCUT2D eigenvalue weighted by atomic mass is 32.1. The van der Waals surface area contributed by atoms with Gasteiger partial charge in [0.15, 0.2) is 0 Å². The number of aliphatic hydroxyl groups excluding tert-OH is 2. The van der Waals surface area contributed by atoms with Crippen molar-refractivity contribution in [3.63, 3.8) is 0 Å². The fraction of sp³-hybridized carbons (Fsp3) is 0.364. The van der Waals surface area contributed by atoms with E-state index in [1.807, 2.05) is 0 Å². The summed E-state index contributed by atoms with van der Waals surface area (Å²) < 4.78 is 0. The first kappa shape index (κ1) is 13.8. The van der Waals surface area contributed by atoms with E-state index in [9.17, 15) is 20.1 Å². The van der Waals surface area contributed by atoms with Crippen LogP contribution in [0.2, 0.25) is 0 Å². The molecular weight excluding hydrogens is 244 g/mol. The molecule has 1 rings (SSSR count). The number of hydrogen-bond donors (Lipinski definition) is 5. The number of carboxylic acid groups (broad SMARTS) is 1. The standard InChI is InChI=1S/C11H14O5S/c12-8-2-1-6(4-10(14)15)3-7(8)11(16)9(13)5-17/h1-3,9,11-13,16-17H,4-5H2,(H,14,15). The lowest BCUT2D eigenvalue weighted by Gasteiger charge is -2.18. The minimum absolute atomic E-state index is 0.0315. The number of phenolic OH excluding ortho intramolecular Hbond substituents is 1. The normalized spacial score (nSPS) is 14.3. The van der Waals surface area contributed by atoms with Crippen LogP contribution in [0, 0.1) is 0 Å². The summed E-state index contributed by atoms with van der Waals surface area (Å²) in [4.78, 5) is 10.5. The monoisotopic (exact) mass is 258 g/mol. The van der Waals surface area contributed by atoms with Crippen molar-refractivity contribution in [2.75, 3.05) is 5.75 Å².